The Morgan fingerprint density at radius 1 is 1.30 bits per heavy atom. The van der Waals surface area contributed by atoms with Gasteiger partial charge in [-0.2, -0.15) is 5.10 Å². The highest BCUT2D eigenvalue weighted by Crippen LogP contribution is 2.02. The Balaban J connectivity index is 2.22. The lowest BCUT2D eigenvalue weighted by Gasteiger charge is -2.19. The van der Waals surface area contributed by atoms with Crippen molar-refractivity contribution in [2.45, 2.75) is 66.1 Å². The number of hydrogen-bond acceptors (Lipinski definition) is 4. The molecule has 0 aromatic carbocycles. The number of nitrogens with zero attached hydrogens (tertiary/aromatic N) is 4. The minimum atomic E-state index is 0.525. The van der Waals surface area contributed by atoms with E-state index < -0.39 is 0 Å². The fourth-order valence-corrected chi connectivity index (χ4v) is 2.35. The molecule has 0 radical (unpaired) electrons. The zero-order chi connectivity index (χ0) is 14.8. The van der Waals surface area contributed by atoms with Crippen molar-refractivity contribution in [3.63, 3.8) is 0 Å². The minimum absolute atomic E-state index is 0.525. The number of rotatable bonds is 11. The van der Waals surface area contributed by atoms with Crippen LogP contribution in [0.1, 0.15) is 52.8 Å². The maximum absolute atomic E-state index is 4.32. The lowest BCUT2D eigenvalue weighted by Crippen LogP contribution is -2.29. The van der Waals surface area contributed by atoms with Gasteiger partial charge in [0.25, 0.3) is 0 Å². The zero-order valence-corrected chi connectivity index (χ0v) is 13.6. The van der Waals surface area contributed by atoms with Gasteiger partial charge in [-0.3, -0.25) is 0 Å². The van der Waals surface area contributed by atoms with Crippen LogP contribution >= 0.6 is 0 Å². The molecule has 5 heteroatoms. The summed E-state index contributed by atoms with van der Waals surface area (Å²) >= 11 is 0. The maximum atomic E-state index is 4.32. The van der Waals surface area contributed by atoms with Gasteiger partial charge in [-0.25, -0.2) is 9.67 Å². The highest BCUT2D eigenvalue weighted by molar-refractivity contribution is 4.84. The summed E-state index contributed by atoms with van der Waals surface area (Å²) in [4.78, 5) is 6.80. The van der Waals surface area contributed by atoms with Gasteiger partial charge in [-0.05, 0) is 45.8 Å². The molecule has 5 nitrogen and oxygen atoms in total. The molecular formula is C15H31N5. The molecule has 1 N–H and O–H groups in total. The van der Waals surface area contributed by atoms with Crippen molar-refractivity contribution < 1.29 is 0 Å². The smallest absolute Gasteiger partial charge is 0.140 e. The quantitative estimate of drug-likeness (QED) is 0.676. The first-order valence-electron chi connectivity index (χ1n) is 8.03. The first-order chi connectivity index (χ1) is 9.71. The summed E-state index contributed by atoms with van der Waals surface area (Å²) in [6, 6.07) is 0.525. The molecule has 116 valence electrons. The summed E-state index contributed by atoms with van der Waals surface area (Å²) < 4.78 is 2.00. The van der Waals surface area contributed by atoms with Crippen LogP contribution in [0.4, 0.5) is 0 Å². The summed E-state index contributed by atoms with van der Waals surface area (Å²) in [5.41, 5.74) is 0. The van der Waals surface area contributed by atoms with Crippen LogP contribution in [-0.4, -0.2) is 45.3 Å². The molecule has 0 amide bonds. The molecule has 1 aromatic rings. The van der Waals surface area contributed by atoms with E-state index in [2.05, 4.69) is 48.0 Å². The van der Waals surface area contributed by atoms with Crippen LogP contribution < -0.4 is 5.32 Å². The fourth-order valence-electron chi connectivity index (χ4n) is 2.35. The first kappa shape index (κ1) is 17.1. The third kappa shape index (κ3) is 6.01. The van der Waals surface area contributed by atoms with Gasteiger partial charge in [0.15, 0.2) is 0 Å². The van der Waals surface area contributed by atoms with Crippen LogP contribution in [-0.2, 0) is 13.1 Å². The maximum Gasteiger partial charge on any atom is 0.140 e. The SMILES string of the molecule is CCCn1ncnc1CNC(C)CCCN(CC)CC. The van der Waals surface area contributed by atoms with E-state index in [1.54, 1.807) is 6.33 Å². The average Bonchev–Trinajstić information content (AvgIpc) is 2.89. The molecule has 0 aliphatic heterocycles. The lowest BCUT2D eigenvalue weighted by molar-refractivity contribution is 0.290. The molecule has 0 fully saturated rings. The highest BCUT2D eigenvalue weighted by atomic mass is 15.3. The van der Waals surface area contributed by atoms with Gasteiger partial charge in [-0.15, -0.1) is 0 Å². The van der Waals surface area contributed by atoms with Gasteiger partial charge in [-0.1, -0.05) is 20.8 Å². The third-order valence-electron chi connectivity index (χ3n) is 3.75. The number of aromatic nitrogens is 3. The molecule has 1 heterocycles. The van der Waals surface area contributed by atoms with Gasteiger partial charge < -0.3 is 10.2 Å². The van der Waals surface area contributed by atoms with Crippen molar-refractivity contribution >= 4 is 0 Å². The van der Waals surface area contributed by atoms with Gasteiger partial charge in [0.2, 0.25) is 0 Å². The molecule has 1 unspecified atom stereocenters. The largest absolute Gasteiger partial charge is 0.307 e. The highest BCUT2D eigenvalue weighted by Gasteiger charge is 2.07. The van der Waals surface area contributed by atoms with Crippen molar-refractivity contribution in [3.05, 3.63) is 12.2 Å². The number of nitrogens with one attached hydrogen (secondary N) is 1. The first-order valence-corrected chi connectivity index (χ1v) is 8.03. The van der Waals surface area contributed by atoms with E-state index in [-0.39, 0.29) is 0 Å². The molecule has 1 aromatic heterocycles. The molecule has 1 rings (SSSR count). The van der Waals surface area contributed by atoms with Crippen LogP contribution in [0.5, 0.6) is 0 Å². The molecular weight excluding hydrogens is 250 g/mol. The molecule has 0 saturated carbocycles. The molecule has 0 spiro atoms. The molecule has 1 atom stereocenters. The summed E-state index contributed by atoms with van der Waals surface area (Å²) in [7, 11) is 0. The van der Waals surface area contributed by atoms with Crippen LogP contribution in [0.3, 0.4) is 0 Å². The second-order valence-electron chi connectivity index (χ2n) is 5.35. The molecule has 0 aliphatic rings. The normalized spacial score (nSPS) is 13.1. The molecule has 0 aliphatic carbocycles. The van der Waals surface area contributed by atoms with Gasteiger partial charge in [0, 0.05) is 12.6 Å². The Morgan fingerprint density at radius 2 is 2.05 bits per heavy atom. The Bertz CT molecular complexity index is 346. The van der Waals surface area contributed by atoms with E-state index in [4.69, 9.17) is 0 Å². The third-order valence-corrected chi connectivity index (χ3v) is 3.75. The second-order valence-corrected chi connectivity index (χ2v) is 5.35. The van der Waals surface area contributed by atoms with Crippen molar-refractivity contribution in [2.75, 3.05) is 19.6 Å². The monoisotopic (exact) mass is 281 g/mol. The van der Waals surface area contributed by atoms with Gasteiger partial charge in [0.05, 0.1) is 6.54 Å². The van der Waals surface area contributed by atoms with E-state index in [0.29, 0.717) is 6.04 Å². The Morgan fingerprint density at radius 3 is 2.70 bits per heavy atom. The van der Waals surface area contributed by atoms with E-state index in [1.165, 1.54) is 19.4 Å². The Kier molecular flexibility index (Phi) is 8.46. The fraction of sp³-hybridized carbons (Fsp3) is 0.867. The van der Waals surface area contributed by atoms with E-state index in [0.717, 1.165) is 38.4 Å². The summed E-state index contributed by atoms with van der Waals surface area (Å²) in [5, 5.41) is 7.80. The van der Waals surface area contributed by atoms with E-state index in [9.17, 15) is 0 Å². The summed E-state index contributed by atoms with van der Waals surface area (Å²) in [5.74, 6) is 1.04. The number of hydrogen-bond donors (Lipinski definition) is 1. The minimum Gasteiger partial charge on any atom is -0.307 e. The molecule has 0 bridgehead atoms. The Labute approximate surface area is 123 Å². The van der Waals surface area contributed by atoms with Gasteiger partial charge >= 0.3 is 0 Å². The van der Waals surface area contributed by atoms with Crippen LogP contribution in [0.15, 0.2) is 6.33 Å². The van der Waals surface area contributed by atoms with Crippen molar-refractivity contribution in [1.29, 1.82) is 0 Å². The summed E-state index contributed by atoms with van der Waals surface area (Å²) in [6.07, 6.45) is 5.20. The van der Waals surface area contributed by atoms with Crippen molar-refractivity contribution in [1.82, 2.24) is 25.0 Å². The lowest BCUT2D eigenvalue weighted by atomic mass is 10.1. The predicted molar refractivity (Wildman–Crippen MR) is 83.6 cm³/mol. The van der Waals surface area contributed by atoms with Gasteiger partial charge in [0.1, 0.15) is 12.2 Å². The van der Waals surface area contributed by atoms with Crippen LogP contribution in [0.25, 0.3) is 0 Å². The van der Waals surface area contributed by atoms with E-state index in [1.807, 2.05) is 4.68 Å². The van der Waals surface area contributed by atoms with Crippen molar-refractivity contribution in [3.8, 4) is 0 Å². The topological polar surface area (TPSA) is 46.0 Å². The second kappa shape index (κ2) is 9.88. The Hall–Kier alpha value is -0.940. The molecule has 20 heavy (non-hydrogen) atoms. The average molecular weight is 281 g/mol. The number of aryl methyl sites for hydroxylation is 1. The summed E-state index contributed by atoms with van der Waals surface area (Å²) in [6.45, 7) is 14.1. The zero-order valence-electron chi connectivity index (χ0n) is 13.6. The standard InChI is InChI=1S/C15H31N5/c1-5-10-20-15(17-13-18-20)12-16-14(4)9-8-11-19(6-2)7-3/h13-14,16H,5-12H2,1-4H3. The van der Waals surface area contributed by atoms with Crippen molar-refractivity contribution in [2.24, 2.45) is 0 Å². The van der Waals surface area contributed by atoms with Crippen LogP contribution in [0.2, 0.25) is 0 Å². The molecule has 0 saturated heterocycles. The van der Waals surface area contributed by atoms with E-state index >= 15 is 0 Å². The predicted octanol–water partition coefficient (Wildman–Crippen LogP) is 2.29. The van der Waals surface area contributed by atoms with Crippen LogP contribution in [0, 0.1) is 0 Å².